The highest BCUT2D eigenvalue weighted by Crippen LogP contribution is 2.36. The van der Waals surface area contributed by atoms with E-state index in [0.717, 1.165) is 32.0 Å². The molecule has 25 heavy (non-hydrogen) atoms. The zero-order valence-corrected chi connectivity index (χ0v) is 16.7. The topological polar surface area (TPSA) is 40.6 Å². The van der Waals surface area contributed by atoms with Gasteiger partial charge in [-0.25, -0.2) is 0 Å². The number of likely N-dealkylation sites (tertiary alicyclic amines) is 2. The maximum absolute atomic E-state index is 12.7. The molecule has 2 aliphatic heterocycles. The zero-order chi connectivity index (χ0) is 17.8. The Labute approximate surface area is 157 Å². The third-order valence-corrected chi connectivity index (χ3v) is 7.13. The van der Waals surface area contributed by atoms with E-state index in [1.54, 1.807) is 0 Å². The minimum absolute atomic E-state index is 0.213. The van der Waals surface area contributed by atoms with E-state index in [2.05, 4.69) is 18.7 Å². The SMILES string of the molecule is CC1CC(C)CN(C(=O)CCSC(=O)N2CCCC3CCCCC32)C1. The van der Waals surface area contributed by atoms with Crippen LogP contribution >= 0.6 is 11.8 Å². The van der Waals surface area contributed by atoms with Gasteiger partial charge in [-0.15, -0.1) is 0 Å². The first-order chi connectivity index (χ1) is 12.0. The number of carbonyl (C=O) groups excluding carboxylic acids is 2. The number of thioether (sulfide) groups is 1. The van der Waals surface area contributed by atoms with Gasteiger partial charge in [0.25, 0.3) is 5.24 Å². The highest BCUT2D eigenvalue weighted by molar-refractivity contribution is 8.13. The van der Waals surface area contributed by atoms with Gasteiger partial charge in [0, 0.05) is 37.8 Å². The van der Waals surface area contributed by atoms with Gasteiger partial charge in [0.2, 0.25) is 5.91 Å². The lowest BCUT2D eigenvalue weighted by Gasteiger charge is -2.43. The molecular weight excluding hydrogens is 332 g/mol. The molecule has 2 heterocycles. The molecular formula is C20H34N2O2S. The van der Waals surface area contributed by atoms with E-state index in [4.69, 9.17) is 0 Å². The van der Waals surface area contributed by atoms with Gasteiger partial charge in [-0.3, -0.25) is 9.59 Å². The van der Waals surface area contributed by atoms with Crippen LogP contribution in [0, 0.1) is 17.8 Å². The highest BCUT2D eigenvalue weighted by Gasteiger charge is 2.35. The fraction of sp³-hybridized carbons (Fsp3) is 0.900. The van der Waals surface area contributed by atoms with Gasteiger partial charge in [-0.1, -0.05) is 38.5 Å². The van der Waals surface area contributed by atoms with Gasteiger partial charge in [0.15, 0.2) is 0 Å². The second-order valence-electron chi connectivity index (χ2n) is 8.56. The van der Waals surface area contributed by atoms with Crippen molar-refractivity contribution in [1.29, 1.82) is 0 Å². The summed E-state index contributed by atoms with van der Waals surface area (Å²) in [7, 11) is 0. The first kappa shape index (κ1) is 19.1. The summed E-state index contributed by atoms with van der Waals surface area (Å²) in [5, 5.41) is 0.213. The minimum atomic E-state index is 0.213. The van der Waals surface area contributed by atoms with Gasteiger partial charge in [0.05, 0.1) is 0 Å². The predicted molar refractivity (Wildman–Crippen MR) is 104 cm³/mol. The van der Waals surface area contributed by atoms with Crippen molar-refractivity contribution >= 4 is 22.9 Å². The van der Waals surface area contributed by atoms with Gasteiger partial charge >= 0.3 is 0 Å². The van der Waals surface area contributed by atoms with Crippen molar-refractivity contribution < 1.29 is 9.59 Å². The van der Waals surface area contributed by atoms with E-state index in [1.165, 1.54) is 50.3 Å². The van der Waals surface area contributed by atoms with Crippen molar-refractivity contribution in [2.45, 2.75) is 71.3 Å². The van der Waals surface area contributed by atoms with Crippen LogP contribution < -0.4 is 0 Å². The van der Waals surface area contributed by atoms with E-state index in [1.807, 2.05) is 4.90 Å². The minimum Gasteiger partial charge on any atom is -0.342 e. The zero-order valence-electron chi connectivity index (χ0n) is 15.9. The summed E-state index contributed by atoms with van der Waals surface area (Å²) in [4.78, 5) is 29.3. The van der Waals surface area contributed by atoms with E-state index in [-0.39, 0.29) is 11.1 Å². The van der Waals surface area contributed by atoms with E-state index < -0.39 is 0 Å². The molecule has 4 unspecified atom stereocenters. The molecule has 0 spiro atoms. The highest BCUT2D eigenvalue weighted by atomic mass is 32.2. The largest absolute Gasteiger partial charge is 0.342 e. The van der Waals surface area contributed by atoms with Crippen LogP contribution in [0.15, 0.2) is 0 Å². The van der Waals surface area contributed by atoms with Crippen molar-refractivity contribution in [3.63, 3.8) is 0 Å². The molecule has 3 fully saturated rings. The Hall–Kier alpha value is -0.710. The van der Waals surface area contributed by atoms with Gasteiger partial charge < -0.3 is 9.80 Å². The average molecular weight is 367 g/mol. The summed E-state index contributed by atoms with van der Waals surface area (Å²) < 4.78 is 0. The summed E-state index contributed by atoms with van der Waals surface area (Å²) in [6.07, 6.45) is 9.23. The lowest BCUT2D eigenvalue weighted by atomic mass is 9.78. The van der Waals surface area contributed by atoms with Crippen LogP contribution in [0.1, 0.15) is 65.2 Å². The Kier molecular flexibility index (Phi) is 6.70. The molecule has 0 radical (unpaired) electrons. The number of hydrogen-bond acceptors (Lipinski definition) is 3. The molecule has 0 N–H and O–H groups in total. The van der Waals surface area contributed by atoms with Gasteiger partial charge in [-0.05, 0) is 49.9 Å². The molecule has 0 aromatic rings. The summed E-state index contributed by atoms with van der Waals surface area (Å²) >= 11 is 1.37. The fourth-order valence-corrected chi connectivity index (χ4v) is 6.03. The third kappa shape index (κ3) is 4.93. The van der Waals surface area contributed by atoms with Crippen molar-refractivity contribution in [2.75, 3.05) is 25.4 Å². The smallest absolute Gasteiger partial charge is 0.281 e. The number of nitrogens with zero attached hydrogens (tertiary/aromatic N) is 2. The summed E-state index contributed by atoms with van der Waals surface area (Å²) in [6.45, 7) is 7.15. The van der Waals surface area contributed by atoms with Crippen LogP contribution in [0.25, 0.3) is 0 Å². The molecule has 0 aromatic heterocycles. The van der Waals surface area contributed by atoms with Crippen molar-refractivity contribution in [3.05, 3.63) is 0 Å². The lowest BCUT2D eigenvalue weighted by molar-refractivity contribution is -0.133. The second kappa shape index (κ2) is 8.79. The number of rotatable bonds is 3. The Morgan fingerprint density at radius 1 is 1.00 bits per heavy atom. The number of fused-ring (bicyclic) bond motifs is 1. The maximum atomic E-state index is 12.7. The van der Waals surface area contributed by atoms with Crippen LogP contribution in [0.3, 0.4) is 0 Å². The van der Waals surface area contributed by atoms with Crippen molar-refractivity contribution in [1.82, 2.24) is 9.80 Å². The number of piperidine rings is 2. The van der Waals surface area contributed by atoms with E-state index in [9.17, 15) is 9.59 Å². The molecule has 2 saturated heterocycles. The molecule has 0 bridgehead atoms. The molecule has 3 rings (SSSR count). The molecule has 1 saturated carbocycles. The Morgan fingerprint density at radius 3 is 2.44 bits per heavy atom. The van der Waals surface area contributed by atoms with Gasteiger partial charge in [0.1, 0.15) is 0 Å². The van der Waals surface area contributed by atoms with Crippen LogP contribution in [0.5, 0.6) is 0 Å². The Morgan fingerprint density at radius 2 is 1.68 bits per heavy atom. The van der Waals surface area contributed by atoms with Crippen LogP contribution in [-0.2, 0) is 4.79 Å². The molecule has 0 aromatic carbocycles. The lowest BCUT2D eigenvalue weighted by Crippen LogP contribution is -2.48. The normalized spacial score (nSPS) is 33.0. The maximum Gasteiger partial charge on any atom is 0.281 e. The average Bonchev–Trinajstić information content (AvgIpc) is 2.60. The third-order valence-electron chi connectivity index (χ3n) is 6.24. The van der Waals surface area contributed by atoms with E-state index >= 15 is 0 Å². The Balaban J connectivity index is 1.43. The molecule has 5 heteroatoms. The van der Waals surface area contributed by atoms with E-state index in [0.29, 0.717) is 30.1 Å². The van der Waals surface area contributed by atoms with Crippen LogP contribution in [0.2, 0.25) is 0 Å². The standard InChI is InChI=1S/C20H34N2O2S/c1-15-12-16(2)14-21(13-15)19(23)9-11-25-20(24)22-10-5-7-17-6-3-4-8-18(17)22/h15-18H,3-14H2,1-2H3. The summed E-state index contributed by atoms with van der Waals surface area (Å²) in [6, 6.07) is 0.474. The molecule has 142 valence electrons. The molecule has 1 aliphatic carbocycles. The number of carbonyl (C=O) groups is 2. The molecule has 4 atom stereocenters. The number of hydrogen-bond donors (Lipinski definition) is 0. The first-order valence-electron chi connectivity index (χ1n) is 10.3. The summed E-state index contributed by atoms with van der Waals surface area (Å²) in [5.74, 6) is 2.78. The molecule has 4 nitrogen and oxygen atoms in total. The quantitative estimate of drug-likeness (QED) is 0.744. The monoisotopic (exact) mass is 366 g/mol. The van der Waals surface area contributed by atoms with Crippen LogP contribution in [0.4, 0.5) is 4.79 Å². The molecule has 3 aliphatic rings. The fourth-order valence-electron chi connectivity index (χ4n) is 5.18. The molecule has 2 amide bonds. The number of amides is 2. The van der Waals surface area contributed by atoms with Gasteiger partial charge in [-0.2, -0.15) is 0 Å². The summed E-state index contributed by atoms with van der Waals surface area (Å²) in [5.41, 5.74) is 0. The van der Waals surface area contributed by atoms with Crippen molar-refractivity contribution in [3.8, 4) is 0 Å². The first-order valence-corrected chi connectivity index (χ1v) is 11.2. The second-order valence-corrected chi connectivity index (χ2v) is 9.60. The van der Waals surface area contributed by atoms with Crippen LogP contribution in [-0.4, -0.2) is 52.4 Å². The van der Waals surface area contributed by atoms with Crippen molar-refractivity contribution in [2.24, 2.45) is 17.8 Å². The Bertz CT molecular complexity index is 472. The predicted octanol–water partition coefficient (Wildman–Crippen LogP) is 4.39.